The van der Waals surface area contributed by atoms with Crippen molar-refractivity contribution in [1.82, 2.24) is 0 Å². The van der Waals surface area contributed by atoms with Crippen LogP contribution < -0.4 is 0 Å². The van der Waals surface area contributed by atoms with Gasteiger partial charge in [0.05, 0.1) is 12.2 Å². The molecular weight excluding hydrogens is 389 g/mol. The standard InChI is InChI=1S/C20H33O2P3.C2H6/c1-3-5-14-18(21-23)15-9-7-6-8-12-17-13-10-11-16-19(17)20(4-2)22-25-24;1-2/h6-7,9-11,13,15-16,18,20,25H,3-5,8,12,14,23-24H2,1-2H3;1-2H3. The Morgan fingerprint density at radius 2 is 1.89 bits per heavy atom. The molecule has 0 N–H and O–H groups in total. The van der Waals surface area contributed by atoms with E-state index in [9.17, 15) is 0 Å². The number of allylic oxidation sites excluding steroid dienone is 3. The van der Waals surface area contributed by atoms with Crippen LogP contribution in [-0.4, -0.2) is 6.10 Å². The predicted octanol–water partition coefficient (Wildman–Crippen LogP) is 7.97. The lowest BCUT2D eigenvalue weighted by atomic mass is 9.97. The van der Waals surface area contributed by atoms with E-state index < -0.39 is 0 Å². The van der Waals surface area contributed by atoms with E-state index >= 15 is 0 Å². The zero-order chi connectivity index (χ0) is 20.3. The molecule has 0 bridgehead atoms. The minimum Gasteiger partial charge on any atom is -0.358 e. The largest absolute Gasteiger partial charge is 0.358 e. The van der Waals surface area contributed by atoms with Crippen LogP contribution in [0.15, 0.2) is 48.6 Å². The third kappa shape index (κ3) is 12.2. The fraction of sp³-hybridized carbons (Fsp3) is 0.545. The molecule has 0 aromatic heterocycles. The van der Waals surface area contributed by atoms with Crippen molar-refractivity contribution in [1.29, 1.82) is 0 Å². The molecule has 0 aliphatic heterocycles. The lowest BCUT2D eigenvalue weighted by molar-refractivity contribution is 0.237. The normalized spacial score (nSPS) is 14.0. The van der Waals surface area contributed by atoms with Gasteiger partial charge in [0.25, 0.3) is 0 Å². The van der Waals surface area contributed by atoms with Crippen molar-refractivity contribution in [2.24, 2.45) is 0 Å². The van der Waals surface area contributed by atoms with Crippen molar-refractivity contribution >= 4 is 26.9 Å². The molecule has 0 saturated heterocycles. The third-order valence-corrected chi connectivity index (χ3v) is 5.33. The second-order valence-electron chi connectivity index (χ2n) is 6.00. The Morgan fingerprint density at radius 3 is 2.52 bits per heavy atom. The molecular formula is C22H39O2P3. The van der Waals surface area contributed by atoms with E-state index in [0.717, 1.165) is 25.7 Å². The second-order valence-corrected chi connectivity index (χ2v) is 7.45. The maximum absolute atomic E-state index is 5.88. The molecule has 0 fully saturated rings. The van der Waals surface area contributed by atoms with Gasteiger partial charge < -0.3 is 9.05 Å². The summed E-state index contributed by atoms with van der Waals surface area (Å²) in [7, 11) is 5.49. The van der Waals surface area contributed by atoms with E-state index in [1.807, 2.05) is 13.8 Å². The first kappa shape index (κ1) is 26.9. The zero-order valence-corrected chi connectivity index (χ0v) is 20.8. The highest BCUT2D eigenvalue weighted by atomic mass is 32.0. The summed E-state index contributed by atoms with van der Waals surface area (Å²) in [5.41, 5.74) is 2.72. The van der Waals surface area contributed by atoms with Crippen LogP contribution in [0, 0.1) is 0 Å². The van der Waals surface area contributed by atoms with Gasteiger partial charge in [-0.1, -0.05) is 98.0 Å². The summed E-state index contributed by atoms with van der Waals surface area (Å²) in [6.45, 7) is 8.38. The minimum atomic E-state index is 0.200. The molecule has 154 valence electrons. The van der Waals surface area contributed by atoms with Gasteiger partial charge in [-0.25, -0.2) is 0 Å². The summed E-state index contributed by atoms with van der Waals surface area (Å²) in [6, 6.07) is 8.65. The molecule has 0 spiro atoms. The molecule has 0 saturated carbocycles. The van der Waals surface area contributed by atoms with E-state index in [-0.39, 0.29) is 12.2 Å². The van der Waals surface area contributed by atoms with Gasteiger partial charge in [-0.2, -0.15) is 0 Å². The lowest BCUT2D eigenvalue weighted by Crippen LogP contribution is -2.02. The van der Waals surface area contributed by atoms with Crippen LogP contribution in [0.25, 0.3) is 0 Å². The molecule has 0 aliphatic carbocycles. The number of rotatable bonds is 13. The van der Waals surface area contributed by atoms with Gasteiger partial charge in [-0.05, 0) is 36.8 Å². The van der Waals surface area contributed by atoms with Crippen molar-refractivity contribution in [3.8, 4) is 0 Å². The van der Waals surface area contributed by atoms with E-state index in [0.29, 0.717) is 8.50 Å². The average Bonchev–Trinajstić information content (AvgIpc) is 2.72. The Labute approximate surface area is 174 Å². The summed E-state index contributed by atoms with van der Waals surface area (Å²) in [6.07, 6.45) is 15.5. The number of hydrogen-bond donors (Lipinski definition) is 0. The summed E-state index contributed by atoms with van der Waals surface area (Å²) in [5, 5.41) is 0. The Hall–Kier alpha value is -0.0900. The molecule has 0 aliphatic rings. The van der Waals surface area contributed by atoms with Gasteiger partial charge in [-0.3, -0.25) is 0 Å². The molecule has 1 aromatic rings. The van der Waals surface area contributed by atoms with Crippen LogP contribution in [0.3, 0.4) is 0 Å². The van der Waals surface area contributed by atoms with Crippen LogP contribution in [0.5, 0.6) is 0 Å². The first-order chi connectivity index (χ1) is 13.3. The molecule has 0 radical (unpaired) electrons. The first-order valence-corrected chi connectivity index (χ1v) is 13.3. The van der Waals surface area contributed by atoms with E-state index in [4.69, 9.17) is 9.05 Å². The first-order valence-electron chi connectivity index (χ1n) is 10.1. The van der Waals surface area contributed by atoms with Gasteiger partial charge in [0.1, 0.15) is 0 Å². The van der Waals surface area contributed by atoms with E-state index in [1.165, 1.54) is 24.0 Å². The second kappa shape index (κ2) is 19.2. The van der Waals surface area contributed by atoms with Crippen molar-refractivity contribution in [3.63, 3.8) is 0 Å². The fourth-order valence-corrected chi connectivity index (χ4v) is 3.92. The summed E-state index contributed by atoms with van der Waals surface area (Å²) >= 11 is 0. The van der Waals surface area contributed by atoms with E-state index in [1.54, 1.807) is 0 Å². The van der Waals surface area contributed by atoms with E-state index in [2.05, 4.69) is 80.8 Å². The minimum absolute atomic E-state index is 0.200. The highest BCUT2D eigenvalue weighted by molar-refractivity contribution is 8.00. The van der Waals surface area contributed by atoms with Crippen LogP contribution in [0.4, 0.5) is 0 Å². The number of aryl methyl sites for hydroxylation is 1. The molecule has 5 heteroatoms. The topological polar surface area (TPSA) is 18.5 Å². The van der Waals surface area contributed by atoms with Crippen LogP contribution in [0.2, 0.25) is 0 Å². The zero-order valence-electron chi connectivity index (χ0n) is 17.5. The van der Waals surface area contributed by atoms with Crippen LogP contribution in [-0.2, 0) is 15.5 Å². The monoisotopic (exact) mass is 428 g/mol. The van der Waals surface area contributed by atoms with Crippen molar-refractivity contribution in [2.75, 3.05) is 0 Å². The Kier molecular flexibility index (Phi) is 19.2. The lowest BCUT2D eigenvalue weighted by Gasteiger charge is -2.18. The molecule has 1 aromatic carbocycles. The molecule has 5 atom stereocenters. The predicted molar refractivity (Wildman–Crippen MR) is 131 cm³/mol. The van der Waals surface area contributed by atoms with Gasteiger partial charge >= 0.3 is 0 Å². The van der Waals surface area contributed by atoms with Gasteiger partial charge in [0.15, 0.2) is 0 Å². The summed E-state index contributed by atoms with van der Waals surface area (Å²) in [5.74, 6) is 0. The van der Waals surface area contributed by atoms with Gasteiger partial charge in [0.2, 0.25) is 0 Å². The maximum atomic E-state index is 5.88. The Morgan fingerprint density at radius 1 is 1.15 bits per heavy atom. The molecule has 27 heavy (non-hydrogen) atoms. The van der Waals surface area contributed by atoms with Crippen molar-refractivity contribution < 1.29 is 9.05 Å². The number of hydrogen-bond acceptors (Lipinski definition) is 2. The molecule has 0 amide bonds. The smallest absolute Gasteiger partial charge is 0.0868 e. The van der Waals surface area contributed by atoms with Crippen LogP contribution >= 0.6 is 26.9 Å². The quantitative estimate of drug-likeness (QED) is 0.234. The highest BCUT2D eigenvalue weighted by Gasteiger charge is 2.12. The van der Waals surface area contributed by atoms with Crippen molar-refractivity contribution in [3.05, 3.63) is 59.7 Å². The Balaban J connectivity index is 0.00000326. The van der Waals surface area contributed by atoms with Crippen molar-refractivity contribution in [2.45, 2.75) is 78.4 Å². The molecule has 0 heterocycles. The van der Waals surface area contributed by atoms with Crippen LogP contribution in [0.1, 0.15) is 77.0 Å². The fourth-order valence-electron chi connectivity index (χ4n) is 2.74. The average molecular weight is 428 g/mol. The summed E-state index contributed by atoms with van der Waals surface area (Å²) in [4.78, 5) is 0. The van der Waals surface area contributed by atoms with Gasteiger partial charge in [0, 0.05) is 18.0 Å². The third-order valence-electron chi connectivity index (χ3n) is 4.15. The Bertz CT molecular complexity index is 518. The van der Waals surface area contributed by atoms with Gasteiger partial charge in [-0.15, -0.1) is 0 Å². The summed E-state index contributed by atoms with van der Waals surface area (Å²) < 4.78 is 11.3. The highest BCUT2D eigenvalue weighted by Crippen LogP contribution is 2.35. The number of benzene rings is 1. The maximum Gasteiger partial charge on any atom is 0.0868 e. The SMILES string of the molecule is CC.CCCCC(C=CC=CCCc1ccccc1C(CC)OPP)OP. The number of unbranched alkanes of at least 4 members (excludes halogenated alkanes) is 1. The molecule has 1 rings (SSSR count). The molecule has 5 unspecified atom stereocenters. The molecule has 2 nitrogen and oxygen atoms in total.